The predicted molar refractivity (Wildman–Crippen MR) is 56.9 cm³/mol. The Kier molecular flexibility index (Phi) is 2.77. The van der Waals surface area contributed by atoms with Gasteiger partial charge in [0.1, 0.15) is 5.84 Å². The van der Waals surface area contributed by atoms with Crippen molar-refractivity contribution in [3.8, 4) is 5.75 Å². The number of nitrogens with zero attached hydrogens (tertiary/aromatic N) is 1. The number of ether oxygens (including phenoxy) is 1. The molecule has 1 unspecified atom stereocenters. The van der Waals surface area contributed by atoms with E-state index < -0.39 is 11.6 Å². The Hall–Kier alpha value is -1.65. The van der Waals surface area contributed by atoms with Gasteiger partial charge in [0.2, 0.25) is 5.82 Å². The lowest BCUT2D eigenvalue weighted by Gasteiger charge is -2.09. The maximum atomic E-state index is 13.7. The van der Waals surface area contributed by atoms with Crippen molar-refractivity contribution in [2.75, 3.05) is 13.7 Å². The number of nitrogens with one attached hydrogen (secondary N) is 1. The van der Waals surface area contributed by atoms with Crippen molar-refractivity contribution in [1.29, 1.82) is 0 Å². The van der Waals surface area contributed by atoms with Crippen LogP contribution in [-0.2, 0) is 0 Å². The van der Waals surface area contributed by atoms with Crippen molar-refractivity contribution in [2.24, 2.45) is 4.99 Å². The van der Waals surface area contributed by atoms with Crippen LogP contribution in [-0.4, -0.2) is 25.5 Å². The van der Waals surface area contributed by atoms with Gasteiger partial charge in [-0.25, -0.2) is 4.39 Å². The normalized spacial score (nSPS) is 19.2. The molecule has 1 atom stereocenters. The first-order chi connectivity index (χ1) is 7.63. The van der Waals surface area contributed by atoms with E-state index in [4.69, 9.17) is 0 Å². The molecule has 0 saturated carbocycles. The van der Waals surface area contributed by atoms with Crippen LogP contribution in [0, 0.1) is 11.6 Å². The summed E-state index contributed by atoms with van der Waals surface area (Å²) in [5.41, 5.74) is 0.141. The Morgan fingerprint density at radius 3 is 2.69 bits per heavy atom. The number of hydrogen-bond donors (Lipinski definition) is 1. The molecular formula is C11H12F2N2O. The topological polar surface area (TPSA) is 33.6 Å². The van der Waals surface area contributed by atoms with E-state index in [0.717, 1.165) is 0 Å². The molecular weight excluding hydrogens is 214 g/mol. The first-order valence-corrected chi connectivity index (χ1v) is 4.97. The van der Waals surface area contributed by atoms with E-state index in [-0.39, 0.29) is 17.4 Å². The van der Waals surface area contributed by atoms with E-state index in [2.05, 4.69) is 15.0 Å². The van der Waals surface area contributed by atoms with Crippen LogP contribution in [0.5, 0.6) is 5.75 Å². The molecule has 0 radical (unpaired) electrons. The SMILES string of the molecule is COc1ccc(C2=NCC(C)N2)c(F)c1F. The second-order valence-corrected chi connectivity index (χ2v) is 3.68. The molecule has 1 aliphatic heterocycles. The zero-order valence-electron chi connectivity index (χ0n) is 9.05. The Labute approximate surface area is 92.1 Å². The van der Waals surface area contributed by atoms with Crippen molar-refractivity contribution in [1.82, 2.24) is 5.32 Å². The molecule has 2 rings (SSSR count). The zero-order chi connectivity index (χ0) is 11.7. The monoisotopic (exact) mass is 226 g/mol. The van der Waals surface area contributed by atoms with Crippen LogP contribution < -0.4 is 10.1 Å². The molecule has 1 N–H and O–H groups in total. The first-order valence-electron chi connectivity index (χ1n) is 4.97. The molecule has 16 heavy (non-hydrogen) atoms. The lowest BCUT2D eigenvalue weighted by Crippen LogP contribution is -2.28. The Balaban J connectivity index is 2.40. The lowest BCUT2D eigenvalue weighted by atomic mass is 10.1. The number of methoxy groups -OCH3 is 1. The van der Waals surface area contributed by atoms with Crippen molar-refractivity contribution < 1.29 is 13.5 Å². The quantitative estimate of drug-likeness (QED) is 0.832. The van der Waals surface area contributed by atoms with Crippen LogP contribution in [0.2, 0.25) is 0 Å². The summed E-state index contributed by atoms with van der Waals surface area (Å²) in [7, 11) is 1.30. The minimum Gasteiger partial charge on any atom is -0.494 e. The molecule has 0 bridgehead atoms. The van der Waals surface area contributed by atoms with Gasteiger partial charge in [0.15, 0.2) is 11.6 Å². The van der Waals surface area contributed by atoms with E-state index in [9.17, 15) is 8.78 Å². The average molecular weight is 226 g/mol. The standard InChI is InChI=1S/C11H12F2N2O/c1-6-5-14-11(15-6)7-3-4-8(16-2)10(13)9(7)12/h3-4,6H,5H2,1-2H3,(H,14,15). The molecule has 0 spiro atoms. The number of aliphatic imine (C=N–C) groups is 1. The summed E-state index contributed by atoms with van der Waals surface area (Å²) in [6, 6.07) is 3.00. The summed E-state index contributed by atoms with van der Waals surface area (Å²) in [6.45, 7) is 2.50. The van der Waals surface area contributed by atoms with Gasteiger partial charge in [-0.3, -0.25) is 4.99 Å². The zero-order valence-corrected chi connectivity index (χ0v) is 9.05. The molecule has 0 aliphatic carbocycles. The van der Waals surface area contributed by atoms with Gasteiger partial charge in [-0.05, 0) is 19.1 Å². The first kappa shape index (κ1) is 10.9. The summed E-state index contributed by atoms with van der Waals surface area (Å²) < 4.78 is 31.8. The summed E-state index contributed by atoms with van der Waals surface area (Å²) in [5, 5.41) is 2.98. The van der Waals surface area contributed by atoms with Gasteiger partial charge in [0, 0.05) is 6.04 Å². The minimum absolute atomic E-state index is 0.104. The molecule has 1 aromatic carbocycles. The minimum atomic E-state index is -0.982. The van der Waals surface area contributed by atoms with Crippen LogP contribution in [0.25, 0.3) is 0 Å². The molecule has 1 aliphatic rings. The largest absolute Gasteiger partial charge is 0.494 e. The van der Waals surface area contributed by atoms with Crippen molar-refractivity contribution in [3.05, 3.63) is 29.3 Å². The average Bonchev–Trinajstić information content (AvgIpc) is 2.69. The highest BCUT2D eigenvalue weighted by Gasteiger charge is 2.21. The smallest absolute Gasteiger partial charge is 0.201 e. The number of amidine groups is 1. The summed E-state index contributed by atoms with van der Waals surface area (Å²) >= 11 is 0. The second kappa shape index (κ2) is 4.08. The molecule has 0 amide bonds. The molecule has 86 valence electrons. The molecule has 1 heterocycles. The number of halogens is 2. The number of rotatable bonds is 2. The third-order valence-electron chi connectivity index (χ3n) is 2.43. The number of hydrogen-bond acceptors (Lipinski definition) is 3. The number of benzene rings is 1. The molecule has 0 saturated heterocycles. The van der Waals surface area contributed by atoms with Gasteiger partial charge >= 0.3 is 0 Å². The van der Waals surface area contributed by atoms with Gasteiger partial charge in [0.05, 0.1) is 19.2 Å². The van der Waals surface area contributed by atoms with Gasteiger partial charge < -0.3 is 10.1 Å². The van der Waals surface area contributed by atoms with Gasteiger partial charge in [-0.15, -0.1) is 0 Å². The Morgan fingerprint density at radius 2 is 2.12 bits per heavy atom. The molecule has 3 nitrogen and oxygen atoms in total. The van der Waals surface area contributed by atoms with Crippen LogP contribution >= 0.6 is 0 Å². The van der Waals surface area contributed by atoms with Gasteiger partial charge in [0.25, 0.3) is 0 Å². The van der Waals surface area contributed by atoms with Crippen molar-refractivity contribution >= 4 is 5.84 Å². The summed E-state index contributed by atoms with van der Waals surface area (Å²) in [4.78, 5) is 4.10. The van der Waals surface area contributed by atoms with Crippen molar-refractivity contribution in [2.45, 2.75) is 13.0 Å². The fourth-order valence-electron chi connectivity index (χ4n) is 1.59. The fourth-order valence-corrected chi connectivity index (χ4v) is 1.59. The highest BCUT2D eigenvalue weighted by Crippen LogP contribution is 2.23. The van der Waals surface area contributed by atoms with E-state index in [1.807, 2.05) is 6.92 Å². The molecule has 5 heteroatoms. The lowest BCUT2D eigenvalue weighted by molar-refractivity contribution is 0.371. The highest BCUT2D eigenvalue weighted by molar-refractivity contribution is 6.00. The Morgan fingerprint density at radius 1 is 1.38 bits per heavy atom. The van der Waals surface area contributed by atoms with Crippen LogP contribution in [0.15, 0.2) is 17.1 Å². The van der Waals surface area contributed by atoms with E-state index in [1.54, 1.807) is 0 Å². The predicted octanol–water partition coefficient (Wildman–Crippen LogP) is 1.71. The van der Waals surface area contributed by atoms with Crippen LogP contribution in [0.4, 0.5) is 8.78 Å². The van der Waals surface area contributed by atoms with E-state index in [1.165, 1.54) is 19.2 Å². The third kappa shape index (κ3) is 1.73. The highest BCUT2D eigenvalue weighted by atomic mass is 19.2. The van der Waals surface area contributed by atoms with Gasteiger partial charge in [-0.1, -0.05) is 0 Å². The van der Waals surface area contributed by atoms with E-state index >= 15 is 0 Å². The van der Waals surface area contributed by atoms with E-state index in [0.29, 0.717) is 12.4 Å². The van der Waals surface area contributed by atoms with Crippen molar-refractivity contribution in [3.63, 3.8) is 0 Å². The van der Waals surface area contributed by atoms with Crippen LogP contribution in [0.1, 0.15) is 12.5 Å². The van der Waals surface area contributed by atoms with Gasteiger partial charge in [-0.2, -0.15) is 4.39 Å². The maximum Gasteiger partial charge on any atom is 0.201 e. The third-order valence-corrected chi connectivity index (χ3v) is 2.43. The molecule has 0 aromatic heterocycles. The molecule has 1 aromatic rings. The van der Waals surface area contributed by atoms with Crippen LogP contribution in [0.3, 0.4) is 0 Å². The maximum absolute atomic E-state index is 13.7. The second-order valence-electron chi connectivity index (χ2n) is 3.68. The Bertz CT molecular complexity index is 446. The summed E-state index contributed by atoms with van der Waals surface area (Å²) in [6.07, 6.45) is 0. The molecule has 0 fully saturated rings. The fraction of sp³-hybridized carbons (Fsp3) is 0.364. The summed E-state index contributed by atoms with van der Waals surface area (Å²) in [5.74, 6) is -1.62.